The third kappa shape index (κ3) is 1.93. The van der Waals surface area contributed by atoms with Crippen LogP contribution < -0.4 is 0 Å². The van der Waals surface area contributed by atoms with Gasteiger partial charge in [0, 0.05) is 12.1 Å². The van der Waals surface area contributed by atoms with Gasteiger partial charge in [0.05, 0.1) is 6.54 Å². The van der Waals surface area contributed by atoms with Gasteiger partial charge in [0.25, 0.3) is 6.43 Å². The van der Waals surface area contributed by atoms with Gasteiger partial charge in [-0.15, -0.1) is 0 Å². The molecule has 2 saturated heterocycles. The molecule has 2 fully saturated rings. The summed E-state index contributed by atoms with van der Waals surface area (Å²) in [6.07, 6.45) is 1.16. The molecule has 0 aromatic rings. The SMILES string of the molecule is O=NCC12CCCN1C/C(=C\C(F)F)C2. The zero-order valence-corrected chi connectivity index (χ0v) is 8.46. The Morgan fingerprint density at radius 1 is 1.60 bits per heavy atom. The number of allylic oxidation sites excluding steroid dienone is 1. The standard InChI is InChI=1S/C10H14F2N2O/c11-9(12)4-8-5-10(7-13-15)2-1-3-14(10)6-8/h4,9H,1-3,5-7H2/b8-4-. The van der Waals surface area contributed by atoms with E-state index in [0.29, 0.717) is 13.0 Å². The molecule has 2 aliphatic rings. The highest BCUT2D eigenvalue weighted by Gasteiger charge is 2.46. The molecule has 2 rings (SSSR count). The first-order chi connectivity index (χ1) is 7.16. The van der Waals surface area contributed by atoms with Gasteiger partial charge in [-0.2, -0.15) is 4.91 Å². The maximum Gasteiger partial charge on any atom is 0.257 e. The molecular weight excluding hydrogens is 202 g/mol. The third-order valence-electron chi connectivity index (χ3n) is 3.41. The van der Waals surface area contributed by atoms with Crippen LogP contribution in [0.3, 0.4) is 0 Å². The summed E-state index contributed by atoms with van der Waals surface area (Å²) in [7, 11) is 0. The highest BCUT2D eigenvalue weighted by atomic mass is 19.3. The lowest BCUT2D eigenvalue weighted by Crippen LogP contribution is -2.40. The number of alkyl halides is 2. The Labute approximate surface area is 87.1 Å². The van der Waals surface area contributed by atoms with Crippen LogP contribution in [0.5, 0.6) is 0 Å². The summed E-state index contributed by atoms with van der Waals surface area (Å²) in [4.78, 5) is 12.5. The van der Waals surface area contributed by atoms with Crippen molar-refractivity contribution in [2.24, 2.45) is 5.18 Å². The van der Waals surface area contributed by atoms with Crippen molar-refractivity contribution in [2.75, 3.05) is 19.6 Å². The maximum atomic E-state index is 12.2. The molecule has 0 radical (unpaired) electrons. The highest BCUT2D eigenvalue weighted by molar-refractivity contribution is 5.21. The van der Waals surface area contributed by atoms with E-state index in [2.05, 4.69) is 10.1 Å². The molecule has 3 nitrogen and oxygen atoms in total. The molecule has 1 unspecified atom stereocenters. The molecule has 0 aromatic carbocycles. The van der Waals surface area contributed by atoms with Crippen LogP contribution in [0.25, 0.3) is 0 Å². The minimum Gasteiger partial charge on any atom is -0.291 e. The van der Waals surface area contributed by atoms with Gasteiger partial charge in [0.1, 0.15) is 0 Å². The molecule has 84 valence electrons. The van der Waals surface area contributed by atoms with E-state index in [9.17, 15) is 13.7 Å². The monoisotopic (exact) mass is 216 g/mol. The fourth-order valence-electron chi connectivity index (χ4n) is 2.81. The van der Waals surface area contributed by atoms with E-state index in [0.717, 1.165) is 31.0 Å². The Morgan fingerprint density at radius 3 is 3.07 bits per heavy atom. The highest BCUT2D eigenvalue weighted by Crippen LogP contribution is 2.41. The molecule has 0 aromatic heterocycles. The molecular formula is C10H14F2N2O. The van der Waals surface area contributed by atoms with Gasteiger partial charge in [0.2, 0.25) is 0 Å². The van der Waals surface area contributed by atoms with Crippen LogP contribution in [0.2, 0.25) is 0 Å². The van der Waals surface area contributed by atoms with Crippen LogP contribution in [0, 0.1) is 4.91 Å². The lowest BCUT2D eigenvalue weighted by atomic mass is 9.92. The lowest BCUT2D eigenvalue weighted by molar-refractivity contribution is 0.202. The summed E-state index contributed by atoms with van der Waals surface area (Å²) in [5.74, 6) is 0. The van der Waals surface area contributed by atoms with Crippen molar-refractivity contribution in [1.29, 1.82) is 0 Å². The summed E-state index contributed by atoms with van der Waals surface area (Å²) in [6, 6.07) is 0. The Balaban J connectivity index is 2.13. The average molecular weight is 216 g/mol. The van der Waals surface area contributed by atoms with E-state index in [4.69, 9.17) is 0 Å². The molecule has 0 N–H and O–H groups in total. The van der Waals surface area contributed by atoms with Crippen molar-refractivity contribution >= 4 is 0 Å². The second-order valence-electron chi connectivity index (χ2n) is 4.37. The summed E-state index contributed by atoms with van der Waals surface area (Å²) in [5, 5.41) is 2.96. The molecule has 0 spiro atoms. The van der Waals surface area contributed by atoms with E-state index in [1.54, 1.807) is 0 Å². The molecule has 0 saturated carbocycles. The third-order valence-corrected chi connectivity index (χ3v) is 3.41. The van der Waals surface area contributed by atoms with Crippen molar-refractivity contribution in [2.45, 2.75) is 31.2 Å². The van der Waals surface area contributed by atoms with Crippen molar-refractivity contribution in [3.05, 3.63) is 16.6 Å². The number of nitroso groups, excluding NO2 is 1. The van der Waals surface area contributed by atoms with Crippen molar-refractivity contribution in [3.8, 4) is 0 Å². The fourth-order valence-corrected chi connectivity index (χ4v) is 2.81. The first-order valence-electron chi connectivity index (χ1n) is 5.18. The minimum atomic E-state index is -2.39. The minimum absolute atomic E-state index is 0.230. The van der Waals surface area contributed by atoms with Gasteiger partial charge >= 0.3 is 0 Å². The van der Waals surface area contributed by atoms with Crippen LogP contribution in [-0.2, 0) is 0 Å². The number of hydrogen-bond donors (Lipinski definition) is 0. The molecule has 0 amide bonds. The quantitative estimate of drug-likeness (QED) is 0.535. The molecule has 0 bridgehead atoms. The largest absolute Gasteiger partial charge is 0.291 e. The van der Waals surface area contributed by atoms with Crippen LogP contribution in [-0.4, -0.2) is 36.5 Å². The first kappa shape index (κ1) is 10.7. The van der Waals surface area contributed by atoms with Gasteiger partial charge in [0.15, 0.2) is 0 Å². The molecule has 1 atom stereocenters. The topological polar surface area (TPSA) is 32.7 Å². The normalized spacial score (nSPS) is 33.9. The zero-order chi connectivity index (χ0) is 10.9. The number of nitrogens with zero attached hydrogens (tertiary/aromatic N) is 2. The summed E-state index contributed by atoms with van der Waals surface area (Å²) < 4.78 is 24.4. The number of rotatable bonds is 3. The van der Waals surface area contributed by atoms with Crippen LogP contribution in [0.15, 0.2) is 16.8 Å². The Bertz CT molecular complexity index is 293. The van der Waals surface area contributed by atoms with E-state index in [1.165, 1.54) is 0 Å². The summed E-state index contributed by atoms with van der Waals surface area (Å²) in [6.45, 7) is 1.71. The van der Waals surface area contributed by atoms with Crippen molar-refractivity contribution in [1.82, 2.24) is 4.90 Å². The van der Waals surface area contributed by atoms with Gasteiger partial charge in [-0.25, -0.2) is 8.78 Å². The zero-order valence-electron chi connectivity index (χ0n) is 8.46. The number of fused-ring (bicyclic) bond motifs is 1. The van der Waals surface area contributed by atoms with E-state index >= 15 is 0 Å². The lowest BCUT2D eigenvalue weighted by Gasteiger charge is -2.28. The van der Waals surface area contributed by atoms with E-state index in [1.807, 2.05) is 0 Å². The van der Waals surface area contributed by atoms with Crippen molar-refractivity contribution in [3.63, 3.8) is 0 Å². The predicted octanol–water partition coefficient (Wildman–Crippen LogP) is 2.18. The van der Waals surface area contributed by atoms with Gasteiger partial charge < -0.3 is 0 Å². The second kappa shape index (κ2) is 3.96. The summed E-state index contributed by atoms with van der Waals surface area (Å²) in [5.41, 5.74) is 0.524. The van der Waals surface area contributed by atoms with Gasteiger partial charge in [-0.3, -0.25) is 4.90 Å². The van der Waals surface area contributed by atoms with Crippen LogP contribution >= 0.6 is 0 Å². The van der Waals surface area contributed by atoms with Gasteiger partial charge in [-0.05, 0) is 31.9 Å². The molecule has 2 heterocycles. The number of hydrogen-bond acceptors (Lipinski definition) is 3. The van der Waals surface area contributed by atoms with Crippen LogP contribution in [0.1, 0.15) is 19.3 Å². The average Bonchev–Trinajstić information content (AvgIpc) is 2.59. The second-order valence-corrected chi connectivity index (χ2v) is 4.37. The molecule has 0 aliphatic carbocycles. The molecule has 5 heteroatoms. The van der Waals surface area contributed by atoms with E-state index in [-0.39, 0.29) is 12.1 Å². The van der Waals surface area contributed by atoms with Crippen molar-refractivity contribution < 1.29 is 8.78 Å². The fraction of sp³-hybridized carbons (Fsp3) is 0.800. The van der Waals surface area contributed by atoms with E-state index < -0.39 is 6.43 Å². The Kier molecular flexibility index (Phi) is 2.82. The maximum absolute atomic E-state index is 12.2. The first-order valence-corrected chi connectivity index (χ1v) is 5.18. The number of halogens is 2. The smallest absolute Gasteiger partial charge is 0.257 e. The Hall–Kier alpha value is -0.840. The van der Waals surface area contributed by atoms with Gasteiger partial charge in [-0.1, -0.05) is 10.7 Å². The summed E-state index contributed by atoms with van der Waals surface area (Å²) >= 11 is 0. The van der Waals surface area contributed by atoms with Crippen LogP contribution in [0.4, 0.5) is 8.78 Å². The molecule has 2 aliphatic heterocycles. The predicted molar refractivity (Wildman–Crippen MR) is 52.9 cm³/mol. The Morgan fingerprint density at radius 2 is 2.40 bits per heavy atom. The molecule has 15 heavy (non-hydrogen) atoms.